The molecule has 20 heavy (non-hydrogen) atoms. The smallest absolute Gasteiger partial charge is 0.393 e. The second-order valence-corrected chi connectivity index (χ2v) is 5.10. The molecule has 114 valence electrons. The van der Waals surface area contributed by atoms with Gasteiger partial charge in [0.15, 0.2) is 5.75 Å². The molecule has 1 aliphatic heterocycles. The van der Waals surface area contributed by atoms with Crippen LogP contribution in [0.3, 0.4) is 0 Å². The maximum Gasteiger partial charge on any atom is 0.393 e. The zero-order chi connectivity index (χ0) is 14.8. The first kappa shape index (κ1) is 15.2. The molecule has 1 aromatic heterocycles. The Morgan fingerprint density at radius 1 is 1.45 bits per heavy atom. The molecule has 0 saturated carbocycles. The Morgan fingerprint density at radius 3 is 2.70 bits per heavy atom. The van der Waals surface area contributed by atoms with E-state index in [1.807, 2.05) is 11.6 Å². The molecule has 2 unspecified atom stereocenters. The van der Waals surface area contributed by atoms with Gasteiger partial charge in [-0.25, -0.2) is 0 Å². The average Bonchev–Trinajstić information content (AvgIpc) is 2.81. The standard InChI is InChI=1S/C13H20F3N3O/c1-3-6-19-12(11(20-2)8-18-19)10-5-4-9(7-17-10)13(14,15)16/h8-10,17H,3-7H2,1-2H3. The predicted octanol–water partition coefficient (Wildman–Crippen LogP) is 2.90. The van der Waals surface area contributed by atoms with Crippen molar-refractivity contribution in [2.24, 2.45) is 5.92 Å². The number of nitrogens with one attached hydrogen (secondary N) is 1. The van der Waals surface area contributed by atoms with E-state index in [-0.39, 0.29) is 19.0 Å². The zero-order valence-corrected chi connectivity index (χ0v) is 11.7. The molecule has 2 atom stereocenters. The van der Waals surface area contributed by atoms with Gasteiger partial charge in [0.1, 0.15) is 0 Å². The van der Waals surface area contributed by atoms with Crippen molar-refractivity contribution in [3.8, 4) is 5.75 Å². The van der Waals surface area contributed by atoms with Crippen LogP contribution in [0.1, 0.15) is 37.9 Å². The van der Waals surface area contributed by atoms with E-state index in [4.69, 9.17) is 4.74 Å². The van der Waals surface area contributed by atoms with Crippen LogP contribution in [0.5, 0.6) is 5.75 Å². The summed E-state index contributed by atoms with van der Waals surface area (Å²) in [4.78, 5) is 0. The summed E-state index contributed by atoms with van der Waals surface area (Å²) in [6.07, 6.45) is -0.998. The fourth-order valence-corrected chi connectivity index (χ4v) is 2.65. The van der Waals surface area contributed by atoms with Gasteiger partial charge in [-0.1, -0.05) is 6.92 Å². The van der Waals surface area contributed by atoms with Crippen molar-refractivity contribution in [2.45, 2.75) is 44.9 Å². The lowest BCUT2D eigenvalue weighted by Gasteiger charge is -2.31. The average molecular weight is 291 g/mol. The van der Waals surface area contributed by atoms with Crippen LogP contribution in [0.4, 0.5) is 13.2 Å². The highest BCUT2D eigenvalue weighted by Crippen LogP contribution is 2.37. The molecule has 1 aliphatic rings. The first-order valence-corrected chi connectivity index (χ1v) is 6.87. The number of nitrogens with zero attached hydrogens (tertiary/aromatic N) is 2. The third-order valence-corrected chi connectivity index (χ3v) is 3.71. The Labute approximate surface area is 116 Å². The lowest BCUT2D eigenvalue weighted by Crippen LogP contribution is -2.40. The summed E-state index contributed by atoms with van der Waals surface area (Å²) in [6, 6.07) is -0.127. The Hall–Kier alpha value is -1.24. The molecule has 7 heteroatoms. The van der Waals surface area contributed by atoms with Crippen molar-refractivity contribution in [1.82, 2.24) is 15.1 Å². The number of hydrogen-bond donors (Lipinski definition) is 1. The van der Waals surface area contributed by atoms with Gasteiger partial charge in [-0.2, -0.15) is 18.3 Å². The minimum absolute atomic E-state index is 0.0470. The molecule has 0 aliphatic carbocycles. The third-order valence-electron chi connectivity index (χ3n) is 3.71. The van der Waals surface area contributed by atoms with Crippen molar-refractivity contribution in [3.63, 3.8) is 0 Å². The SMILES string of the molecule is CCCn1ncc(OC)c1C1CCC(C(F)(F)F)CN1. The summed E-state index contributed by atoms with van der Waals surface area (Å²) in [6.45, 7) is 2.72. The Morgan fingerprint density at radius 2 is 2.20 bits per heavy atom. The van der Waals surface area contributed by atoms with E-state index in [0.29, 0.717) is 12.2 Å². The highest BCUT2D eigenvalue weighted by Gasteiger charge is 2.42. The van der Waals surface area contributed by atoms with Gasteiger partial charge in [-0.05, 0) is 19.3 Å². The number of ether oxygens (including phenoxy) is 1. The molecule has 2 heterocycles. The summed E-state index contributed by atoms with van der Waals surface area (Å²) in [5, 5.41) is 7.24. The molecule has 1 N–H and O–H groups in total. The molecule has 0 radical (unpaired) electrons. The summed E-state index contributed by atoms with van der Waals surface area (Å²) >= 11 is 0. The minimum atomic E-state index is -4.12. The van der Waals surface area contributed by atoms with Gasteiger partial charge < -0.3 is 10.1 Å². The number of piperidine rings is 1. The molecule has 1 saturated heterocycles. The van der Waals surface area contributed by atoms with E-state index in [1.54, 1.807) is 13.3 Å². The molecule has 4 nitrogen and oxygen atoms in total. The maximum atomic E-state index is 12.7. The lowest BCUT2D eigenvalue weighted by atomic mass is 9.92. The molecule has 2 rings (SSSR count). The van der Waals surface area contributed by atoms with E-state index in [9.17, 15) is 13.2 Å². The highest BCUT2D eigenvalue weighted by atomic mass is 19.4. The van der Waals surface area contributed by atoms with E-state index in [1.165, 1.54) is 0 Å². The van der Waals surface area contributed by atoms with E-state index in [0.717, 1.165) is 18.7 Å². The van der Waals surface area contributed by atoms with Crippen molar-refractivity contribution in [1.29, 1.82) is 0 Å². The quantitative estimate of drug-likeness (QED) is 0.927. The topological polar surface area (TPSA) is 39.1 Å². The fourth-order valence-electron chi connectivity index (χ4n) is 2.65. The van der Waals surface area contributed by atoms with Crippen LogP contribution < -0.4 is 10.1 Å². The van der Waals surface area contributed by atoms with Crippen LogP contribution in [0, 0.1) is 5.92 Å². The van der Waals surface area contributed by atoms with Gasteiger partial charge >= 0.3 is 6.18 Å². The summed E-state index contributed by atoms with van der Waals surface area (Å²) in [7, 11) is 1.55. The predicted molar refractivity (Wildman–Crippen MR) is 68.6 cm³/mol. The van der Waals surface area contributed by atoms with Crippen molar-refractivity contribution in [3.05, 3.63) is 11.9 Å². The highest BCUT2D eigenvalue weighted by molar-refractivity contribution is 5.28. The normalized spacial score (nSPS) is 23.9. The summed E-state index contributed by atoms with van der Waals surface area (Å²) in [5.74, 6) is -0.617. The van der Waals surface area contributed by atoms with Gasteiger partial charge in [-0.15, -0.1) is 0 Å². The van der Waals surface area contributed by atoms with Crippen LogP contribution in [-0.2, 0) is 6.54 Å². The van der Waals surface area contributed by atoms with Crippen LogP contribution in [0.15, 0.2) is 6.20 Å². The van der Waals surface area contributed by atoms with Gasteiger partial charge in [0.25, 0.3) is 0 Å². The second kappa shape index (κ2) is 6.03. The van der Waals surface area contributed by atoms with Crippen molar-refractivity contribution >= 4 is 0 Å². The van der Waals surface area contributed by atoms with Crippen LogP contribution in [-0.4, -0.2) is 29.6 Å². The first-order valence-electron chi connectivity index (χ1n) is 6.87. The largest absolute Gasteiger partial charge is 0.493 e. The Bertz CT molecular complexity index is 437. The third kappa shape index (κ3) is 3.08. The second-order valence-electron chi connectivity index (χ2n) is 5.10. The molecule has 0 amide bonds. The number of methoxy groups -OCH3 is 1. The van der Waals surface area contributed by atoms with Crippen LogP contribution in [0.25, 0.3) is 0 Å². The van der Waals surface area contributed by atoms with Crippen molar-refractivity contribution < 1.29 is 17.9 Å². The molecular formula is C13H20F3N3O. The number of hydrogen-bond acceptors (Lipinski definition) is 3. The summed E-state index contributed by atoms with van der Waals surface area (Å²) in [5.41, 5.74) is 0.856. The number of aryl methyl sites for hydroxylation is 1. The Balaban J connectivity index is 2.11. The summed E-state index contributed by atoms with van der Waals surface area (Å²) < 4.78 is 45.1. The lowest BCUT2D eigenvalue weighted by molar-refractivity contribution is -0.179. The first-order chi connectivity index (χ1) is 9.47. The Kier molecular flexibility index (Phi) is 4.57. The van der Waals surface area contributed by atoms with Crippen LogP contribution in [0.2, 0.25) is 0 Å². The molecular weight excluding hydrogens is 271 g/mol. The van der Waals surface area contributed by atoms with Crippen molar-refractivity contribution in [2.75, 3.05) is 13.7 Å². The van der Waals surface area contributed by atoms with Gasteiger partial charge in [-0.3, -0.25) is 4.68 Å². The number of halogens is 3. The van der Waals surface area contributed by atoms with E-state index in [2.05, 4.69) is 10.4 Å². The number of alkyl halides is 3. The van der Waals surface area contributed by atoms with Gasteiger partial charge in [0.2, 0.25) is 0 Å². The van der Waals surface area contributed by atoms with E-state index >= 15 is 0 Å². The number of rotatable bonds is 4. The van der Waals surface area contributed by atoms with Crippen LogP contribution >= 0.6 is 0 Å². The molecule has 1 aromatic rings. The molecule has 0 aromatic carbocycles. The molecule has 0 spiro atoms. The monoisotopic (exact) mass is 291 g/mol. The van der Waals surface area contributed by atoms with Gasteiger partial charge in [0, 0.05) is 13.1 Å². The van der Waals surface area contributed by atoms with E-state index < -0.39 is 12.1 Å². The maximum absolute atomic E-state index is 12.7. The molecule has 0 bridgehead atoms. The fraction of sp³-hybridized carbons (Fsp3) is 0.769. The number of aromatic nitrogens is 2. The zero-order valence-electron chi connectivity index (χ0n) is 11.7. The molecule has 1 fully saturated rings. The minimum Gasteiger partial charge on any atom is -0.493 e. The van der Waals surface area contributed by atoms with Gasteiger partial charge in [0.05, 0.1) is 31.0 Å².